The van der Waals surface area contributed by atoms with Gasteiger partial charge in [0.25, 0.3) is 5.91 Å². The first-order chi connectivity index (χ1) is 10.4. The van der Waals surface area contributed by atoms with Crippen LogP contribution in [-0.2, 0) is 21.2 Å². The number of hydrogen-bond donors (Lipinski definition) is 3. The molecule has 0 aliphatic carbocycles. The van der Waals surface area contributed by atoms with E-state index in [0.717, 1.165) is 22.9 Å². The van der Waals surface area contributed by atoms with Crippen LogP contribution < -0.4 is 10.5 Å². The average molecular weight is 323 g/mol. The topological polar surface area (TPSA) is 105 Å². The lowest BCUT2D eigenvalue weighted by Gasteiger charge is -2.12. The van der Waals surface area contributed by atoms with Crippen molar-refractivity contribution >= 4 is 26.8 Å². The molecule has 0 spiro atoms. The zero-order valence-electron chi connectivity index (χ0n) is 12.5. The van der Waals surface area contributed by atoms with E-state index in [1.54, 1.807) is 6.20 Å². The minimum atomic E-state index is -3.60. The number of carbonyl (C=O) groups excluding carboxylic acids is 1. The monoisotopic (exact) mass is 323 g/mol. The van der Waals surface area contributed by atoms with Gasteiger partial charge in [-0.1, -0.05) is 31.5 Å². The van der Waals surface area contributed by atoms with E-state index in [4.69, 9.17) is 5.73 Å². The second-order valence-corrected chi connectivity index (χ2v) is 7.15. The highest BCUT2D eigenvalue weighted by molar-refractivity contribution is 7.90. The van der Waals surface area contributed by atoms with Crippen molar-refractivity contribution in [1.29, 1.82) is 0 Å². The van der Waals surface area contributed by atoms with Gasteiger partial charge in [0, 0.05) is 17.1 Å². The SMILES string of the molecule is CCCCS(=O)(=O)NC(=O)C(N)Cc1c[nH]c2ccccc12. The molecule has 22 heavy (non-hydrogen) atoms. The van der Waals surface area contributed by atoms with Crippen molar-refractivity contribution in [2.45, 2.75) is 32.2 Å². The Bertz CT molecular complexity index is 752. The van der Waals surface area contributed by atoms with Crippen LogP contribution in [-0.4, -0.2) is 31.1 Å². The van der Waals surface area contributed by atoms with Crippen LogP contribution in [0.3, 0.4) is 0 Å². The first kappa shape index (κ1) is 16.5. The zero-order chi connectivity index (χ0) is 16.2. The first-order valence-corrected chi connectivity index (χ1v) is 8.93. The van der Waals surface area contributed by atoms with Gasteiger partial charge in [0.15, 0.2) is 0 Å². The van der Waals surface area contributed by atoms with E-state index >= 15 is 0 Å². The number of rotatable bonds is 7. The van der Waals surface area contributed by atoms with E-state index in [1.165, 1.54) is 0 Å². The summed E-state index contributed by atoms with van der Waals surface area (Å²) >= 11 is 0. The summed E-state index contributed by atoms with van der Waals surface area (Å²) in [7, 11) is -3.60. The van der Waals surface area contributed by atoms with Crippen molar-refractivity contribution in [2.24, 2.45) is 5.73 Å². The molecule has 0 bridgehead atoms. The lowest BCUT2D eigenvalue weighted by molar-refractivity contribution is -0.120. The Morgan fingerprint density at radius 2 is 2.09 bits per heavy atom. The van der Waals surface area contributed by atoms with Crippen LogP contribution in [0, 0.1) is 0 Å². The fourth-order valence-corrected chi connectivity index (χ4v) is 3.47. The lowest BCUT2D eigenvalue weighted by atomic mass is 10.1. The predicted molar refractivity (Wildman–Crippen MR) is 86.8 cm³/mol. The maximum atomic E-state index is 12.0. The summed E-state index contributed by atoms with van der Waals surface area (Å²) in [5.41, 5.74) is 7.70. The van der Waals surface area contributed by atoms with Crippen molar-refractivity contribution in [3.05, 3.63) is 36.0 Å². The van der Waals surface area contributed by atoms with Gasteiger partial charge in [-0.15, -0.1) is 0 Å². The Morgan fingerprint density at radius 3 is 2.82 bits per heavy atom. The first-order valence-electron chi connectivity index (χ1n) is 7.28. The number of fused-ring (bicyclic) bond motifs is 1. The van der Waals surface area contributed by atoms with Crippen molar-refractivity contribution in [2.75, 3.05) is 5.75 Å². The highest BCUT2D eigenvalue weighted by Crippen LogP contribution is 2.18. The quantitative estimate of drug-likeness (QED) is 0.714. The normalized spacial score (nSPS) is 13.2. The molecular weight excluding hydrogens is 302 g/mol. The van der Waals surface area contributed by atoms with Crippen LogP contribution in [0.4, 0.5) is 0 Å². The van der Waals surface area contributed by atoms with Gasteiger partial charge in [-0.25, -0.2) is 8.42 Å². The number of sulfonamides is 1. The molecule has 2 rings (SSSR count). The summed E-state index contributed by atoms with van der Waals surface area (Å²) in [6.07, 6.45) is 3.33. The van der Waals surface area contributed by atoms with Gasteiger partial charge in [0.2, 0.25) is 10.0 Å². The summed E-state index contributed by atoms with van der Waals surface area (Å²) in [5.74, 6) is -0.726. The van der Waals surface area contributed by atoms with Crippen LogP contribution in [0.5, 0.6) is 0 Å². The molecule has 2 aromatic rings. The number of nitrogens with two attached hydrogens (primary N) is 1. The molecule has 120 valence electrons. The minimum Gasteiger partial charge on any atom is -0.361 e. The van der Waals surface area contributed by atoms with Crippen LogP contribution in [0.1, 0.15) is 25.3 Å². The molecule has 0 aliphatic rings. The summed E-state index contributed by atoms with van der Waals surface area (Å²) < 4.78 is 25.5. The highest BCUT2D eigenvalue weighted by Gasteiger charge is 2.21. The minimum absolute atomic E-state index is 0.0605. The number of benzene rings is 1. The van der Waals surface area contributed by atoms with Gasteiger partial charge < -0.3 is 10.7 Å². The molecule has 0 saturated heterocycles. The number of para-hydroxylation sites is 1. The Balaban J connectivity index is 2.02. The Morgan fingerprint density at radius 1 is 1.36 bits per heavy atom. The van der Waals surface area contributed by atoms with E-state index < -0.39 is 22.0 Å². The third-order valence-electron chi connectivity index (χ3n) is 3.47. The third kappa shape index (κ3) is 4.08. The number of amides is 1. The second-order valence-electron chi connectivity index (χ2n) is 5.31. The van der Waals surface area contributed by atoms with Gasteiger partial charge in [0.05, 0.1) is 11.8 Å². The maximum Gasteiger partial charge on any atom is 0.250 e. The Kier molecular flexibility index (Phi) is 5.20. The van der Waals surface area contributed by atoms with E-state index in [1.807, 2.05) is 35.9 Å². The molecule has 4 N–H and O–H groups in total. The molecule has 0 radical (unpaired) electrons. The number of unbranched alkanes of at least 4 members (excludes halogenated alkanes) is 1. The fraction of sp³-hybridized carbons (Fsp3) is 0.400. The number of aromatic amines is 1. The smallest absolute Gasteiger partial charge is 0.250 e. The number of carbonyl (C=O) groups is 1. The Hall–Kier alpha value is -1.86. The number of hydrogen-bond acceptors (Lipinski definition) is 4. The Labute approximate surface area is 130 Å². The molecule has 7 heteroatoms. The van der Waals surface area contributed by atoms with Crippen molar-refractivity contribution in [3.8, 4) is 0 Å². The molecule has 6 nitrogen and oxygen atoms in total. The van der Waals surface area contributed by atoms with Crippen LogP contribution in [0.2, 0.25) is 0 Å². The number of nitrogens with one attached hydrogen (secondary N) is 2. The van der Waals surface area contributed by atoms with Gasteiger partial charge in [0.1, 0.15) is 0 Å². The molecule has 1 amide bonds. The molecule has 0 fully saturated rings. The van der Waals surface area contributed by atoms with Crippen LogP contribution in [0.25, 0.3) is 10.9 Å². The van der Waals surface area contributed by atoms with E-state index in [-0.39, 0.29) is 12.2 Å². The summed E-state index contributed by atoms with van der Waals surface area (Å²) in [6.45, 7) is 1.89. The predicted octanol–water partition coefficient (Wildman–Crippen LogP) is 1.28. The zero-order valence-corrected chi connectivity index (χ0v) is 13.3. The van der Waals surface area contributed by atoms with Crippen molar-refractivity contribution in [1.82, 2.24) is 9.71 Å². The molecular formula is C15H21N3O3S. The van der Waals surface area contributed by atoms with Crippen molar-refractivity contribution in [3.63, 3.8) is 0 Å². The summed E-state index contributed by atoms with van der Waals surface area (Å²) in [4.78, 5) is 15.1. The van der Waals surface area contributed by atoms with Crippen LogP contribution in [0.15, 0.2) is 30.5 Å². The summed E-state index contributed by atoms with van der Waals surface area (Å²) in [5, 5.41) is 0.986. The van der Waals surface area contributed by atoms with E-state index in [9.17, 15) is 13.2 Å². The largest absolute Gasteiger partial charge is 0.361 e. The van der Waals surface area contributed by atoms with E-state index in [2.05, 4.69) is 4.98 Å². The van der Waals surface area contributed by atoms with E-state index in [0.29, 0.717) is 6.42 Å². The maximum absolute atomic E-state index is 12.0. The number of aromatic nitrogens is 1. The molecule has 0 saturated carbocycles. The fourth-order valence-electron chi connectivity index (χ4n) is 2.24. The number of H-pyrrole nitrogens is 1. The van der Waals surface area contributed by atoms with Gasteiger partial charge in [-0.2, -0.15) is 0 Å². The van der Waals surface area contributed by atoms with Crippen molar-refractivity contribution < 1.29 is 13.2 Å². The highest BCUT2D eigenvalue weighted by atomic mass is 32.2. The lowest BCUT2D eigenvalue weighted by Crippen LogP contribution is -2.45. The average Bonchev–Trinajstić information content (AvgIpc) is 2.88. The second kappa shape index (κ2) is 6.93. The van der Waals surface area contributed by atoms with Gasteiger partial charge >= 0.3 is 0 Å². The molecule has 1 aromatic carbocycles. The van der Waals surface area contributed by atoms with Gasteiger partial charge in [-0.3, -0.25) is 9.52 Å². The molecule has 1 heterocycles. The van der Waals surface area contributed by atoms with Gasteiger partial charge in [-0.05, 0) is 24.5 Å². The molecule has 1 unspecified atom stereocenters. The van der Waals surface area contributed by atoms with Crippen LogP contribution >= 0.6 is 0 Å². The summed E-state index contributed by atoms with van der Waals surface area (Å²) in [6, 6.07) is 6.77. The molecule has 1 atom stereocenters. The third-order valence-corrected chi connectivity index (χ3v) is 4.81. The standard InChI is InChI=1S/C15H21N3O3S/c1-2-3-8-22(20,21)18-15(19)13(16)9-11-10-17-14-7-5-4-6-12(11)14/h4-7,10,13,17H,2-3,8-9,16H2,1H3,(H,18,19). The molecule has 1 aromatic heterocycles. The molecule has 0 aliphatic heterocycles.